The fourth-order valence-corrected chi connectivity index (χ4v) is 4.21. The lowest BCUT2D eigenvalue weighted by Gasteiger charge is -2.31. The van der Waals surface area contributed by atoms with Gasteiger partial charge in [0.25, 0.3) is 11.7 Å². The van der Waals surface area contributed by atoms with Gasteiger partial charge >= 0.3 is 0 Å². The molecular weight excluding hydrogens is 408 g/mol. The second-order valence-corrected chi connectivity index (χ2v) is 8.09. The fourth-order valence-electron chi connectivity index (χ4n) is 4.21. The molecular formula is C25H28N2O5. The SMILES string of the molecule is COc1cccc([C@H]2/C(=C(\O)c3ccc(C)cc3)C(=O)C(=O)N2CCN2CCOCC2)c1. The van der Waals surface area contributed by atoms with E-state index in [4.69, 9.17) is 9.47 Å². The van der Waals surface area contributed by atoms with Gasteiger partial charge in [-0.3, -0.25) is 14.5 Å². The van der Waals surface area contributed by atoms with E-state index in [1.165, 1.54) is 0 Å². The first kappa shape index (κ1) is 22.0. The van der Waals surface area contributed by atoms with Crippen LogP contribution < -0.4 is 4.74 Å². The molecule has 2 saturated heterocycles. The van der Waals surface area contributed by atoms with Crippen molar-refractivity contribution in [3.8, 4) is 5.75 Å². The topological polar surface area (TPSA) is 79.3 Å². The smallest absolute Gasteiger partial charge is 0.295 e. The van der Waals surface area contributed by atoms with Crippen molar-refractivity contribution < 1.29 is 24.2 Å². The number of ether oxygens (including phenoxy) is 2. The largest absolute Gasteiger partial charge is 0.507 e. The summed E-state index contributed by atoms with van der Waals surface area (Å²) in [5.74, 6) is -0.806. The summed E-state index contributed by atoms with van der Waals surface area (Å²) >= 11 is 0. The summed E-state index contributed by atoms with van der Waals surface area (Å²) in [7, 11) is 1.57. The van der Waals surface area contributed by atoms with Crippen LogP contribution >= 0.6 is 0 Å². The van der Waals surface area contributed by atoms with E-state index in [9.17, 15) is 14.7 Å². The standard InChI is InChI=1S/C25H28N2O5/c1-17-6-8-18(9-7-17)23(28)21-22(19-4-3-5-20(16-19)31-2)27(25(30)24(21)29)11-10-26-12-14-32-15-13-26/h3-9,16,22,28H,10-15H2,1-2H3/b23-21+/t22-/m0/s1. The number of Topliss-reactive ketones (excluding diaryl/α,β-unsaturated/α-hetero) is 1. The Bertz CT molecular complexity index is 1020. The Balaban J connectivity index is 1.74. The number of aryl methyl sites for hydroxylation is 1. The van der Waals surface area contributed by atoms with Crippen molar-refractivity contribution in [1.82, 2.24) is 9.80 Å². The third-order valence-corrected chi connectivity index (χ3v) is 6.04. The van der Waals surface area contributed by atoms with Crippen molar-refractivity contribution in [2.24, 2.45) is 0 Å². The monoisotopic (exact) mass is 436 g/mol. The van der Waals surface area contributed by atoms with Gasteiger partial charge in [-0.2, -0.15) is 0 Å². The van der Waals surface area contributed by atoms with E-state index < -0.39 is 17.7 Å². The molecule has 0 unspecified atom stereocenters. The maximum atomic E-state index is 13.1. The summed E-state index contributed by atoms with van der Waals surface area (Å²) in [5, 5.41) is 11.1. The minimum absolute atomic E-state index is 0.106. The van der Waals surface area contributed by atoms with E-state index in [0.717, 1.165) is 24.2 Å². The lowest BCUT2D eigenvalue weighted by atomic mass is 9.95. The van der Waals surface area contributed by atoms with Crippen LogP contribution in [0.1, 0.15) is 22.7 Å². The van der Waals surface area contributed by atoms with Crippen molar-refractivity contribution in [2.45, 2.75) is 13.0 Å². The Labute approximate surface area is 187 Å². The molecule has 2 heterocycles. The third kappa shape index (κ3) is 4.40. The Morgan fingerprint density at radius 3 is 2.50 bits per heavy atom. The molecule has 0 aliphatic carbocycles. The maximum absolute atomic E-state index is 13.1. The zero-order valence-corrected chi connectivity index (χ0v) is 18.4. The summed E-state index contributed by atoms with van der Waals surface area (Å²) < 4.78 is 10.8. The minimum Gasteiger partial charge on any atom is -0.507 e. The summed E-state index contributed by atoms with van der Waals surface area (Å²) in [5.41, 5.74) is 2.37. The highest BCUT2D eigenvalue weighted by molar-refractivity contribution is 6.46. The Hall–Kier alpha value is -3.16. The second kappa shape index (κ2) is 9.54. The van der Waals surface area contributed by atoms with Crippen LogP contribution in [0, 0.1) is 6.92 Å². The van der Waals surface area contributed by atoms with Crippen LogP contribution in [-0.4, -0.2) is 73.1 Å². The summed E-state index contributed by atoms with van der Waals surface area (Å²) in [4.78, 5) is 30.0. The van der Waals surface area contributed by atoms with Gasteiger partial charge in [0, 0.05) is 31.7 Å². The molecule has 0 saturated carbocycles. The normalized spacial score (nSPS) is 21.2. The van der Waals surface area contributed by atoms with Gasteiger partial charge in [-0.25, -0.2) is 0 Å². The number of methoxy groups -OCH3 is 1. The number of carbonyl (C=O) groups is 2. The van der Waals surface area contributed by atoms with E-state index in [-0.39, 0.29) is 11.3 Å². The highest BCUT2D eigenvalue weighted by Gasteiger charge is 2.46. The highest BCUT2D eigenvalue weighted by Crippen LogP contribution is 2.40. The molecule has 0 radical (unpaired) electrons. The Morgan fingerprint density at radius 2 is 1.81 bits per heavy atom. The molecule has 7 nitrogen and oxygen atoms in total. The average molecular weight is 437 g/mol. The molecule has 2 aromatic carbocycles. The van der Waals surface area contributed by atoms with E-state index in [1.54, 1.807) is 30.2 Å². The van der Waals surface area contributed by atoms with Gasteiger partial charge in [-0.15, -0.1) is 0 Å². The fraction of sp³-hybridized carbons (Fsp3) is 0.360. The van der Waals surface area contributed by atoms with Crippen LogP contribution in [0.2, 0.25) is 0 Å². The summed E-state index contributed by atoms with van der Waals surface area (Å²) in [6, 6.07) is 13.8. The lowest BCUT2D eigenvalue weighted by molar-refractivity contribution is -0.140. The van der Waals surface area contributed by atoms with E-state index in [2.05, 4.69) is 4.90 Å². The third-order valence-electron chi connectivity index (χ3n) is 6.04. The number of rotatable bonds is 6. The van der Waals surface area contributed by atoms with Gasteiger partial charge in [-0.1, -0.05) is 42.0 Å². The van der Waals surface area contributed by atoms with Crippen LogP contribution in [0.25, 0.3) is 5.76 Å². The summed E-state index contributed by atoms with van der Waals surface area (Å²) in [6.45, 7) is 5.84. The van der Waals surface area contributed by atoms with Crippen LogP contribution in [0.4, 0.5) is 0 Å². The number of morpholine rings is 1. The molecule has 2 aliphatic heterocycles. The van der Waals surface area contributed by atoms with Crippen molar-refractivity contribution in [3.63, 3.8) is 0 Å². The van der Waals surface area contributed by atoms with Crippen LogP contribution in [0.3, 0.4) is 0 Å². The number of hydrogen-bond donors (Lipinski definition) is 1. The Morgan fingerprint density at radius 1 is 1.09 bits per heavy atom. The number of aliphatic hydroxyl groups is 1. The number of hydrogen-bond acceptors (Lipinski definition) is 6. The van der Waals surface area contributed by atoms with Crippen molar-refractivity contribution in [2.75, 3.05) is 46.5 Å². The molecule has 32 heavy (non-hydrogen) atoms. The first-order valence-electron chi connectivity index (χ1n) is 10.8. The van der Waals surface area contributed by atoms with Crippen LogP contribution in [0.15, 0.2) is 54.1 Å². The average Bonchev–Trinajstić information content (AvgIpc) is 3.08. The number of nitrogens with zero attached hydrogens (tertiary/aromatic N) is 2. The van der Waals surface area contributed by atoms with E-state index in [1.807, 2.05) is 37.3 Å². The number of benzene rings is 2. The molecule has 1 amide bonds. The van der Waals surface area contributed by atoms with Crippen molar-refractivity contribution >= 4 is 17.4 Å². The van der Waals surface area contributed by atoms with Gasteiger partial charge in [0.15, 0.2) is 0 Å². The zero-order valence-electron chi connectivity index (χ0n) is 18.4. The van der Waals surface area contributed by atoms with Gasteiger partial charge < -0.3 is 19.5 Å². The molecule has 0 spiro atoms. The molecule has 168 valence electrons. The van der Waals surface area contributed by atoms with E-state index >= 15 is 0 Å². The maximum Gasteiger partial charge on any atom is 0.295 e. The molecule has 7 heteroatoms. The minimum atomic E-state index is -0.688. The second-order valence-electron chi connectivity index (χ2n) is 8.09. The number of likely N-dealkylation sites (tertiary alicyclic amines) is 1. The van der Waals surface area contributed by atoms with E-state index in [0.29, 0.717) is 37.6 Å². The summed E-state index contributed by atoms with van der Waals surface area (Å²) in [6.07, 6.45) is 0. The van der Waals surface area contributed by atoms with Gasteiger partial charge in [0.1, 0.15) is 11.5 Å². The quantitative estimate of drug-likeness (QED) is 0.426. The van der Waals surface area contributed by atoms with Crippen LogP contribution in [0.5, 0.6) is 5.75 Å². The molecule has 1 atom stereocenters. The Kier molecular flexibility index (Phi) is 6.58. The zero-order chi connectivity index (χ0) is 22.7. The van der Waals surface area contributed by atoms with Gasteiger partial charge in [0.05, 0.1) is 31.9 Å². The lowest BCUT2D eigenvalue weighted by Crippen LogP contribution is -2.42. The highest BCUT2D eigenvalue weighted by atomic mass is 16.5. The van der Waals surface area contributed by atoms with Gasteiger partial charge in [-0.05, 0) is 24.6 Å². The molecule has 0 bridgehead atoms. The predicted molar refractivity (Wildman–Crippen MR) is 120 cm³/mol. The van der Waals surface area contributed by atoms with Gasteiger partial charge in [0.2, 0.25) is 0 Å². The number of ketones is 1. The van der Waals surface area contributed by atoms with Crippen molar-refractivity contribution in [1.29, 1.82) is 0 Å². The number of carbonyl (C=O) groups excluding carboxylic acids is 2. The molecule has 4 rings (SSSR count). The molecule has 0 aromatic heterocycles. The molecule has 2 fully saturated rings. The number of aliphatic hydroxyl groups excluding tert-OH is 1. The number of amides is 1. The molecule has 2 aromatic rings. The predicted octanol–water partition coefficient (Wildman–Crippen LogP) is 2.76. The first-order valence-corrected chi connectivity index (χ1v) is 10.8. The first-order chi connectivity index (χ1) is 15.5. The molecule has 1 N–H and O–H groups in total. The van der Waals surface area contributed by atoms with Crippen LogP contribution in [-0.2, 0) is 14.3 Å². The van der Waals surface area contributed by atoms with Crippen molar-refractivity contribution in [3.05, 3.63) is 70.8 Å². The molecule has 2 aliphatic rings.